The van der Waals surface area contributed by atoms with Crippen molar-refractivity contribution >= 4 is 26.0 Å². The van der Waals surface area contributed by atoms with E-state index in [1.165, 1.54) is 33.9 Å². The molecular formula is C24H31N3O7S2. The number of carbonyl (C=O) groups is 1. The van der Waals surface area contributed by atoms with E-state index in [0.717, 1.165) is 5.56 Å². The van der Waals surface area contributed by atoms with Crippen LogP contribution in [0.2, 0.25) is 0 Å². The fraction of sp³-hybridized carbons (Fsp3) is 0.458. The highest BCUT2D eigenvalue weighted by Crippen LogP contribution is 2.29. The largest absolute Gasteiger partial charge is 0.495 e. The van der Waals surface area contributed by atoms with Crippen LogP contribution < -0.4 is 4.74 Å². The van der Waals surface area contributed by atoms with E-state index in [2.05, 4.69) is 0 Å². The third-order valence-corrected chi connectivity index (χ3v) is 10.5. The van der Waals surface area contributed by atoms with Crippen LogP contribution in [0.25, 0.3) is 0 Å². The van der Waals surface area contributed by atoms with Gasteiger partial charge in [0.2, 0.25) is 20.0 Å². The maximum Gasteiger partial charge on any atom is 0.253 e. The minimum atomic E-state index is -3.89. The third-order valence-electron chi connectivity index (χ3n) is 6.47. The van der Waals surface area contributed by atoms with Crippen molar-refractivity contribution in [1.82, 2.24) is 13.5 Å². The van der Waals surface area contributed by atoms with Crippen LogP contribution in [0.4, 0.5) is 0 Å². The number of morpholine rings is 1. The Kier molecular flexibility index (Phi) is 7.72. The Morgan fingerprint density at radius 3 is 2.03 bits per heavy atom. The molecule has 0 spiro atoms. The minimum absolute atomic E-state index is 0.0752. The Morgan fingerprint density at radius 1 is 0.806 bits per heavy atom. The van der Waals surface area contributed by atoms with Crippen molar-refractivity contribution in [2.45, 2.75) is 23.6 Å². The standard InChI is InChI=1S/C24H31N3O7S2/c1-18-4-7-22(19(2)16-18)35(29,30)26-10-8-25(9-11-26)24(28)20-5-6-21(33-3)23(17-20)36(31,32)27-12-14-34-15-13-27/h4-7,16-17H,8-15H2,1-3H3. The Labute approximate surface area is 212 Å². The van der Waals surface area contributed by atoms with E-state index in [1.54, 1.807) is 24.0 Å². The smallest absolute Gasteiger partial charge is 0.253 e. The predicted octanol–water partition coefficient (Wildman–Crippen LogP) is 1.48. The van der Waals surface area contributed by atoms with E-state index in [1.807, 2.05) is 13.0 Å². The van der Waals surface area contributed by atoms with Gasteiger partial charge in [0.25, 0.3) is 5.91 Å². The number of hydrogen-bond donors (Lipinski definition) is 0. The number of benzene rings is 2. The van der Waals surface area contributed by atoms with E-state index in [-0.39, 0.29) is 66.3 Å². The molecule has 36 heavy (non-hydrogen) atoms. The molecule has 2 saturated heterocycles. The zero-order valence-corrected chi connectivity index (χ0v) is 22.3. The molecule has 1 amide bonds. The molecule has 12 heteroatoms. The van der Waals surface area contributed by atoms with Gasteiger partial charge in [-0.05, 0) is 43.7 Å². The van der Waals surface area contributed by atoms with Gasteiger partial charge in [-0.15, -0.1) is 0 Å². The van der Waals surface area contributed by atoms with Crippen LogP contribution in [0.5, 0.6) is 5.75 Å². The lowest BCUT2D eigenvalue weighted by atomic mass is 10.1. The Bertz CT molecular complexity index is 1350. The summed E-state index contributed by atoms with van der Waals surface area (Å²) < 4.78 is 66.1. The van der Waals surface area contributed by atoms with Crippen LogP contribution in [-0.2, 0) is 24.8 Å². The molecule has 2 aromatic rings. The fourth-order valence-electron chi connectivity index (χ4n) is 4.48. The molecule has 4 rings (SSSR count). The van der Waals surface area contributed by atoms with Gasteiger partial charge in [0.05, 0.1) is 25.2 Å². The Balaban J connectivity index is 1.51. The van der Waals surface area contributed by atoms with Crippen molar-refractivity contribution in [3.05, 3.63) is 53.1 Å². The molecule has 0 bridgehead atoms. The first kappa shape index (κ1) is 26.6. The number of piperazine rings is 1. The summed E-state index contributed by atoms with van der Waals surface area (Å²) in [4.78, 5) is 15.0. The van der Waals surface area contributed by atoms with E-state index in [4.69, 9.17) is 9.47 Å². The topological polar surface area (TPSA) is 114 Å². The second kappa shape index (κ2) is 10.5. The number of sulfonamides is 2. The minimum Gasteiger partial charge on any atom is -0.495 e. The summed E-state index contributed by atoms with van der Waals surface area (Å²) in [5.41, 5.74) is 1.87. The molecule has 2 heterocycles. The van der Waals surface area contributed by atoms with E-state index < -0.39 is 20.0 Å². The summed E-state index contributed by atoms with van der Waals surface area (Å²) >= 11 is 0. The quantitative estimate of drug-likeness (QED) is 0.548. The molecule has 0 unspecified atom stereocenters. The molecule has 10 nitrogen and oxygen atoms in total. The maximum absolute atomic E-state index is 13.3. The summed E-state index contributed by atoms with van der Waals surface area (Å²) in [5.74, 6) is -0.206. The maximum atomic E-state index is 13.3. The van der Waals surface area contributed by atoms with Crippen molar-refractivity contribution in [2.24, 2.45) is 0 Å². The van der Waals surface area contributed by atoms with Crippen molar-refractivity contribution in [3.8, 4) is 5.75 Å². The molecule has 2 fully saturated rings. The molecule has 2 aliphatic rings. The van der Waals surface area contributed by atoms with Gasteiger partial charge in [0, 0.05) is 44.8 Å². The Hall–Kier alpha value is -2.51. The van der Waals surface area contributed by atoms with Crippen LogP contribution in [-0.4, -0.2) is 95.8 Å². The summed E-state index contributed by atoms with van der Waals surface area (Å²) in [5, 5.41) is 0. The van der Waals surface area contributed by atoms with E-state index >= 15 is 0 Å². The normalized spacial score (nSPS) is 18.2. The number of ether oxygens (including phenoxy) is 2. The SMILES string of the molecule is COc1ccc(C(=O)N2CCN(S(=O)(=O)c3ccc(C)cc3C)CC2)cc1S(=O)(=O)N1CCOCC1. The lowest BCUT2D eigenvalue weighted by Crippen LogP contribution is -2.50. The number of rotatable bonds is 6. The summed E-state index contributed by atoms with van der Waals surface area (Å²) in [7, 11) is -6.19. The molecule has 2 aliphatic heterocycles. The molecule has 0 atom stereocenters. The lowest BCUT2D eigenvalue weighted by Gasteiger charge is -2.34. The summed E-state index contributed by atoms with van der Waals surface area (Å²) in [6.07, 6.45) is 0. The molecule has 0 saturated carbocycles. The molecule has 0 N–H and O–H groups in total. The van der Waals surface area contributed by atoms with Crippen molar-refractivity contribution in [1.29, 1.82) is 0 Å². The van der Waals surface area contributed by atoms with E-state index in [9.17, 15) is 21.6 Å². The van der Waals surface area contributed by atoms with Crippen LogP contribution in [0.3, 0.4) is 0 Å². The number of aryl methyl sites for hydroxylation is 2. The van der Waals surface area contributed by atoms with Crippen LogP contribution in [0.1, 0.15) is 21.5 Å². The third kappa shape index (κ3) is 5.14. The van der Waals surface area contributed by atoms with Gasteiger partial charge in [-0.2, -0.15) is 8.61 Å². The Morgan fingerprint density at radius 2 is 1.42 bits per heavy atom. The first-order valence-corrected chi connectivity index (χ1v) is 14.6. The molecular weight excluding hydrogens is 506 g/mol. The highest BCUT2D eigenvalue weighted by atomic mass is 32.2. The first-order chi connectivity index (χ1) is 17.1. The monoisotopic (exact) mass is 537 g/mol. The van der Waals surface area contributed by atoms with Gasteiger partial charge in [-0.1, -0.05) is 17.7 Å². The number of amides is 1. The van der Waals surface area contributed by atoms with Crippen molar-refractivity contribution in [3.63, 3.8) is 0 Å². The van der Waals surface area contributed by atoms with Gasteiger partial charge in [0.1, 0.15) is 10.6 Å². The van der Waals surface area contributed by atoms with Crippen LogP contribution in [0.15, 0.2) is 46.2 Å². The molecule has 0 aromatic heterocycles. The van der Waals surface area contributed by atoms with Gasteiger partial charge in [0.15, 0.2) is 0 Å². The highest BCUT2D eigenvalue weighted by Gasteiger charge is 2.33. The van der Waals surface area contributed by atoms with E-state index in [0.29, 0.717) is 18.8 Å². The number of nitrogens with zero attached hydrogens (tertiary/aromatic N) is 3. The molecule has 0 radical (unpaired) electrons. The summed E-state index contributed by atoms with van der Waals surface area (Å²) in [6.45, 7) is 5.41. The van der Waals surface area contributed by atoms with Crippen molar-refractivity contribution in [2.75, 3.05) is 59.6 Å². The van der Waals surface area contributed by atoms with Gasteiger partial charge in [-0.25, -0.2) is 16.8 Å². The average molecular weight is 538 g/mol. The average Bonchev–Trinajstić information content (AvgIpc) is 2.88. The van der Waals surface area contributed by atoms with Crippen molar-refractivity contribution < 1.29 is 31.1 Å². The predicted molar refractivity (Wildman–Crippen MR) is 133 cm³/mol. The number of carbonyl (C=O) groups excluding carboxylic acids is 1. The second-order valence-electron chi connectivity index (χ2n) is 8.85. The van der Waals surface area contributed by atoms with Crippen LogP contribution >= 0.6 is 0 Å². The fourth-order valence-corrected chi connectivity index (χ4v) is 7.70. The zero-order chi connectivity index (χ0) is 26.1. The lowest BCUT2D eigenvalue weighted by molar-refractivity contribution is 0.0697. The number of hydrogen-bond acceptors (Lipinski definition) is 7. The first-order valence-electron chi connectivity index (χ1n) is 11.7. The van der Waals surface area contributed by atoms with Crippen LogP contribution in [0, 0.1) is 13.8 Å². The molecule has 196 valence electrons. The number of methoxy groups -OCH3 is 1. The summed E-state index contributed by atoms with van der Waals surface area (Å²) in [6, 6.07) is 9.56. The van der Waals surface area contributed by atoms with Gasteiger partial charge in [-0.3, -0.25) is 4.79 Å². The zero-order valence-electron chi connectivity index (χ0n) is 20.6. The van der Waals surface area contributed by atoms with Gasteiger partial charge >= 0.3 is 0 Å². The van der Waals surface area contributed by atoms with Gasteiger partial charge < -0.3 is 14.4 Å². The molecule has 0 aliphatic carbocycles. The molecule has 2 aromatic carbocycles. The highest BCUT2D eigenvalue weighted by molar-refractivity contribution is 7.89. The second-order valence-corrected chi connectivity index (χ2v) is 12.7.